The van der Waals surface area contributed by atoms with Crippen LogP contribution in [0.15, 0.2) is 0 Å². The summed E-state index contributed by atoms with van der Waals surface area (Å²) in [7, 11) is 0. The fourth-order valence-electron chi connectivity index (χ4n) is 1.80. The van der Waals surface area contributed by atoms with Crippen molar-refractivity contribution in [3.05, 3.63) is 0 Å². The zero-order valence-corrected chi connectivity index (χ0v) is 10.1. The minimum Gasteiger partial charge on any atom is -0.460 e. The maximum absolute atomic E-state index is 12.9. The van der Waals surface area contributed by atoms with E-state index < -0.39 is 29.3 Å². The van der Waals surface area contributed by atoms with E-state index in [1.54, 1.807) is 20.8 Å². The molecule has 1 fully saturated rings. The second-order valence-electron chi connectivity index (χ2n) is 5.52. The summed E-state index contributed by atoms with van der Waals surface area (Å²) in [5.41, 5.74) is -1.95. The van der Waals surface area contributed by atoms with Gasteiger partial charge in [-0.1, -0.05) is 6.92 Å². The lowest BCUT2D eigenvalue weighted by molar-refractivity contribution is -0.166. The van der Waals surface area contributed by atoms with Crippen LogP contribution >= 0.6 is 0 Å². The summed E-state index contributed by atoms with van der Waals surface area (Å²) in [6, 6.07) is 0. The third-order valence-corrected chi connectivity index (χ3v) is 2.84. The van der Waals surface area contributed by atoms with E-state index in [0.717, 1.165) is 0 Å². The number of nitrogens with one attached hydrogen (secondary N) is 1. The molecule has 1 N–H and O–H groups in total. The van der Waals surface area contributed by atoms with E-state index in [2.05, 4.69) is 5.32 Å². The second kappa shape index (κ2) is 4.28. The topological polar surface area (TPSA) is 38.3 Å². The summed E-state index contributed by atoms with van der Waals surface area (Å²) in [5.74, 6) is -1.31. The van der Waals surface area contributed by atoms with Crippen molar-refractivity contribution in [2.75, 3.05) is 13.1 Å². The van der Waals surface area contributed by atoms with Gasteiger partial charge >= 0.3 is 5.97 Å². The van der Waals surface area contributed by atoms with E-state index in [1.807, 2.05) is 0 Å². The largest absolute Gasteiger partial charge is 0.460 e. The molecule has 1 rings (SSSR count). The van der Waals surface area contributed by atoms with Gasteiger partial charge in [-0.25, -0.2) is 8.78 Å². The number of carbonyl (C=O) groups is 1. The Labute approximate surface area is 94.5 Å². The van der Waals surface area contributed by atoms with Crippen LogP contribution in [0.2, 0.25) is 0 Å². The van der Waals surface area contributed by atoms with Gasteiger partial charge in [-0.15, -0.1) is 0 Å². The number of hydrogen-bond acceptors (Lipinski definition) is 3. The fraction of sp³-hybridized carbons (Fsp3) is 0.909. The highest BCUT2D eigenvalue weighted by molar-refractivity contribution is 5.74. The molecule has 0 spiro atoms. The molecule has 2 unspecified atom stereocenters. The first-order valence-electron chi connectivity index (χ1n) is 5.38. The molecule has 2 atom stereocenters. The Morgan fingerprint density at radius 3 is 2.50 bits per heavy atom. The van der Waals surface area contributed by atoms with Gasteiger partial charge in [-0.05, 0) is 20.8 Å². The highest BCUT2D eigenvalue weighted by atomic mass is 19.3. The van der Waals surface area contributed by atoms with Crippen molar-refractivity contribution < 1.29 is 18.3 Å². The fourth-order valence-corrected chi connectivity index (χ4v) is 1.80. The SMILES string of the molecule is CC(C)(C)OC(=O)C1CNCC1(C)C(F)F. The van der Waals surface area contributed by atoms with Crippen LogP contribution in [0.1, 0.15) is 27.7 Å². The summed E-state index contributed by atoms with van der Waals surface area (Å²) in [5, 5.41) is 2.83. The Morgan fingerprint density at radius 2 is 2.06 bits per heavy atom. The molecule has 1 aliphatic heterocycles. The molecule has 0 radical (unpaired) electrons. The minimum atomic E-state index is -2.53. The number of rotatable bonds is 2. The van der Waals surface area contributed by atoms with E-state index in [9.17, 15) is 13.6 Å². The van der Waals surface area contributed by atoms with E-state index >= 15 is 0 Å². The predicted molar refractivity (Wildman–Crippen MR) is 56.3 cm³/mol. The van der Waals surface area contributed by atoms with Gasteiger partial charge in [0.2, 0.25) is 6.43 Å². The maximum atomic E-state index is 12.9. The van der Waals surface area contributed by atoms with Gasteiger partial charge in [0.1, 0.15) is 5.60 Å². The molecular weight excluding hydrogens is 216 g/mol. The number of alkyl halides is 2. The Morgan fingerprint density at radius 1 is 1.50 bits per heavy atom. The van der Waals surface area contributed by atoms with Crippen LogP contribution in [0, 0.1) is 11.3 Å². The number of carbonyl (C=O) groups excluding carboxylic acids is 1. The number of esters is 1. The van der Waals surface area contributed by atoms with Crippen molar-refractivity contribution in [3.63, 3.8) is 0 Å². The molecule has 94 valence electrons. The summed E-state index contributed by atoms with van der Waals surface area (Å²) in [6.45, 7) is 7.02. The molecule has 5 heteroatoms. The zero-order valence-electron chi connectivity index (χ0n) is 10.1. The smallest absolute Gasteiger partial charge is 0.311 e. The molecule has 0 aromatic carbocycles. The molecule has 1 aliphatic rings. The van der Waals surface area contributed by atoms with E-state index in [-0.39, 0.29) is 13.1 Å². The summed E-state index contributed by atoms with van der Waals surface area (Å²) < 4.78 is 31.0. The lowest BCUT2D eigenvalue weighted by atomic mass is 9.80. The van der Waals surface area contributed by atoms with Gasteiger partial charge in [0, 0.05) is 13.1 Å². The Bertz CT molecular complexity index is 276. The predicted octanol–water partition coefficient (Wildman–Crippen LogP) is 1.82. The third kappa shape index (κ3) is 2.70. The van der Waals surface area contributed by atoms with Crippen molar-refractivity contribution in [2.24, 2.45) is 11.3 Å². The van der Waals surface area contributed by atoms with Gasteiger partial charge in [0.15, 0.2) is 0 Å². The Kier molecular flexibility index (Phi) is 3.57. The highest BCUT2D eigenvalue weighted by Crippen LogP contribution is 2.38. The third-order valence-electron chi connectivity index (χ3n) is 2.84. The van der Waals surface area contributed by atoms with Gasteiger partial charge in [0.05, 0.1) is 11.3 Å². The molecule has 0 aromatic heterocycles. The van der Waals surface area contributed by atoms with Crippen molar-refractivity contribution in [1.82, 2.24) is 5.32 Å². The van der Waals surface area contributed by atoms with Gasteiger partial charge < -0.3 is 10.1 Å². The summed E-state index contributed by atoms with van der Waals surface area (Å²) in [4.78, 5) is 11.8. The maximum Gasteiger partial charge on any atom is 0.311 e. The van der Waals surface area contributed by atoms with Crippen LogP contribution < -0.4 is 5.32 Å². The molecule has 0 aromatic rings. The van der Waals surface area contributed by atoms with Crippen molar-refractivity contribution in [2.45, 2.75) is 39.7 Å². The molecule has 3 nitrogen and oxygen atoms in total. The monoisotopic (exact) mass is 235 g/mol. The van der Waals surface area contributed by atoms with Crippen LogP contribution in [0.4, 0.5) is 8.78 Å². The normalized spacial score (nSPS) is 30.8. The van der Waals surface area contributed by atoms with Crippen molar-refractivity contribution in [3.8, 4) is 0 Å². The first-order valence-corrected chi connectivity index (χ1v) is 5.38. The van der Waals surface area contributed by atoms with E-state index in [0.29, 0.717) is 0 Å². The first-order chi connectivity index (χ1) is 7.17. The number of ether oxygens (including phenoxy) is 1. The van der Waals surface area contributed by atoms with Crippen LogP contribution in [0.5, 0.6) is 0 Å². The minimum absolute atomic E-state index is 0.147. The van der Waals surface area contributed by atoms with Crippen LogP contribution in [0.25, 0.3) is 0 Å². The Hall–Kier alpha value is -0.710. The summed E-state index contributed by atoms with van der Waals surface area (Å²) in [6.07, 6.45) is -2.53. The summed E-state index contributed by atoms with van der Waals surface area (Å²) >= 11 is 0. The van der Waals surface area contributed by atoms with E-state index in [4.69, 9.17) is 4.74 Å². The quantitative estimate of drug-likeness (QED) is 0.742. The molecule has 1 heterocycles. The zero-order chi connectivity index (χ0) is 12.6. The Balaban J connectivity index is 2.76. The average molecular weight is 235 g/mol. The molecule has 0 amide bonds. The van der Waals surface area contributed by atoms with Gasteiger partial charge in [-0.3, -0.25) is 4.79 Å². The van der Waals surface area contributed by atoms with Crippen LogP contribution in [0.3, 0.4) is 0 Å². The lowest BCUT2D eigenvalue weighted by Crippen LogP contribution is -2.41. The average Bonchev–Trinajstić information content (AvgIpc) is 2.45. The molecule has 0 bridgehead atoms. The lowest BCUT2D eigenvalue weighted by Gasteiger charge is -2.30. The van der Waals surface area contributed by atoms with Gasteiger partial charge in [-0.2, -0.15) is 0 Å². The molecular formula is C11H19F2NO2. The van der Waals surface area contributed by atoms with Crippen LogP contribution in [-0.4, -0.2) is 31.1 Å². The molecule has 16 heavy (non-hydrogen) atoms. The standard InChI is InChI=1S/C11H19F2NO2/c1-10(2,3)16-8(15)7-5-14-6-11(7,4)9(12)13/h7,9,14H,5-6H2,1-4H3. The molecule has 0 aliphatic carbocycles. The van der Waals surface area contributed by atoms with Crippen molar-refractivity contribution >= 4 is 5.97 Å². The highest BCUT2D eigenvalue weighted by Gasteiger charge is 2.51. The van der Waals surface area contributed by atoms with E-state index in [1.165, 1.54) is 6.92 Å². The molecule has 0 saturated carbocycles. The first kappa shape index (κ1) is 13.4. The number of halogens is 2. The second-order valence-corrected chi connectivity index (χ2v) is 5.52. The molecule has 1 saturated heterocycles. The van der Waals surface area contributed by atoms with Crippen molar-refractivity contribution in [1.29, 1.82) is 0 Å². The number of hydrogen-bond donors (Lipinski definition) is 1. The van der Waals surface area contributed by atoms with Crippen LogP contribution in [-0.2, 0) is 9.53 Å². The van der Waals surface area contributed by atoms with Gasteiger partial charge in [0.25, 0.3) is 0 Å².